The van der Waals surface area contributed by atoms with Gasteiger partial charge in [-0.1, -0.05) is 13.8 Å². The van der Waals surface area contributed by atoms with Crippen LogP contribution in [0.5, 0.6) is 0 Å². The first-order valence-electron chi connectivity index (χ1n) is 9.32. The molecule has 0 aliphatic carbocycles. The van der Waals surface area contributed by atoms with Gasteiger partial charge in [0.2, 0.25) is 23.6 Å². The molecule has 4 atom stereocenters. The Bertz CT molecular complexity index is 627. The number of hydrogen-bond acceptors (Lipinski definition) is 8. The van der Waals surface area contributed by atoms with E-state index in [9.17, 15) is 29.1 Å². The lowest BCUT2D eigenvalue weighted by Crippen LogP contribution is -2.58. The van der Waals surface area contributed by atoms with Gasteiger partial charge in [0.25, 0.3) is 0 Å². The third kappa shape index (κ3) is 10.1. The number of hydrogen-bond donors (Lipinski definition) is 8. The molecule has 0 radical (unpaired) electrons. The molecule has 0 heterocycles. The summed E-state index contributed by atoms with van der Waals surface area (Å²) in [6.45, 7) is 1.83. The fraction of sp³-hybridized carbons (Fsp3) is 0.706. The molecule has 10 N–H and O–H groups in total. The molecule has 0 aliphatic heterocycles. The minimum Gasteiger partial charge on any atom is -0.480 e. The molecule has 0 saturated carbocycles. The Kier molecular flexibility index (Phi) is 12.2. The molecule has 0 bridgehead atoms. The van der Waals surface area contributed by atoms with Crippen molar-refractivity contribution >= 4 is 29.6 Å². The highest BCUT2D eigenvalue weighted by Crippen LogP contribution is 2.07. The maximum absolute atomic E-state index is 12.6. The lowest BCUT2D eigenvalue weighted by atomic mass is 10.0. The average Bonchev–Trinajstić information content (AvgIpc) is 2.66. The Balaban J connectivity index is 5.14. The Labute approximate surface area is 173 Å². The monoisotopic (exact) mass is 433 g/mol. The van der Waals surface area contributed by atoms with Crippen LogP contribution in [-0.2, 0) is 24.0 Å². The number of rotatable bonds is 14. The van der Waals surface area contributed by atoms with Gasteiger partial charge in [-0.3, -0.25) is 19.2 Å². The molecule has 0 rings (SSSR count). The fourth-order valence-corrected chi connectivity index (χ4v) is 2.33. The summed E-state index contributed by atoms with van der Waals surface area (Å²) in [7, 11) is 0. The SMILES string of the molecule is CC(C)CC(NC(=O)C(N)CCC(N)=O)C(=O)NC(CO)C(=O)NC(CO)C(=O)O. The number of carbonyl (C=O) groups is 5. The van der Waals surface area contributed by atoms with Crippen molar-refractivity contribution in [1.29, 1.82) is 0 Å². The predicted octanol–water partition coefficient (Wildman–Crippen LogP) is -3.85. The Morgan fingerprint density at radius 1 is 0.833 bits per heavy atom. The van der Waals surface area contributed by atoms with Gasteiger partial charge in [-0.15, -0.1) is 0 Å². The molecular weight excluding hydrogens is 402 g/mol. The van der Waals surface area contributed by atoms with E-state index in [0.717, 1.165) is 0 Å². The van der Waals surface area contributed by atoms with E-state index in [1.54, 1.807) is 13.8 Å². The number of aliphatic hydroxyl groups excluding tert-OH is 2. The second-order valence-electron chi connectivity index (χ2n) is 7.13. The topological polar surface area (TPSA) is 234 Å². The number of carboxylic acids is 1. The highest BCUT2D eigenvalue weighted by Gasteiger charge is 2.30. The standard InChI is InChI=1S/C17H31N5O8/c1-8(2)5-10(20-14(26)9(18)3-4-13(19)25)15(27)21-11(6-23)16(28)22-12(7-24)17(29)30/h8-12,23-24H,3-7,18H2,1-2H3,(H2,19,25)(H,20,26)(H,21,27)(H,22,28)(H,29,30). The largest absolute Gasteiger partial charge is 0.480 e. The van der Waals surface area contributed by atoms with Gasteiger partial charge in [0.15, 0.2) is 0 Å². The van der Waals surface area contributed by atoms with Gasteiger partial charge in [0.05, 0.1) is 19.3 Å². The molecule has 13 heteroatoms. The maximum Gasteiger partial charge on any atom is 0.328 e. The van der Waals surface area contributed by atoms with Crippen LogP contribution in [0, 0.1) is 5.92 Å². The molecule has 0 aromatic heterocycles. The molecule has 30 heavy (non-hydrogen) atoms. The van der Waals surface area contributed by atoms with Crippen molar-refractivity contribution in [2.24, 2.45) is 17.4 Å². The van der Waals surface area contributed by atoms with Crippen molar-refractivity contribution < 1.29 is 39.3 Å². The van der Waals surface area contributed by atoms with Gasteiger partial charge in [-0.25, -0.2) is 4.79 Å². The summed E-state index contributed by atoms with van der Waals surface area (Å²) in [4.78, 5) is 58.6. The Hall–Kier alpha value is -2.77. The van der Waals surface area contributed by atoms with Crippen LogP contribution in [0.25, 0.3) is 0 Å². The average molecular weight is 433 g/mol. The van der Waals surface area contributed by atoms with Gasteiger partial charge in [0, 0.05) is 6.42 Å². The zero-order valence-electron chi connectivity index (χ0n) is 17.0. The molecule has 4 amide bonds. The molecule has 0 aliphatic rings. The fourth-order valence-electron chi connectivity index (χ4n) is 2.33. The summed E-state index contributed by atoms with van der Waals surface area (Å²) < 4.78 is 0. The van der Waals surface area contributed by atoms with E-state index in [1.165, 1.54) is 0 Å². The van der Waals surface area contributed by atoms with Crippen LogP contribution in [0.15, 0.2) is 0 Å². The van der Waals surface area contributed by atoms with Gasteiger partial charge in [-0.2, -0.15) is 0 Å². The first kappa shape index (κ1) is 27.2. The molecule has 0 fully saturated rings. The molecule has 0 aromatic carbocycles. The van der Waals surface area contributed by atoms with Crippen molar-refractivity contribution in [3.8, 4) is 0 Å². The number of aliphatic hydroxyl groups is 2. The number of primary amides is 1. The number of carbonyl (C=O) groups excluding carboxylic acids is 4. The molecular formula is C17H31N5O8. The summed E-state index contributed by atoms with van der Waals surface area (Å²) >= 11 is 0. The van der Waals surface area contributed by atoms with Crippen LogP contribution >= 0.6 is 0 Å². The smallest absolute Gasteiger partial charge is 0.328 e. The predicted molar refractivity (Wildman–Crippen MR) is 103 cm³/mol. The first-order valence-corrected chi connectivity index (χ1v) is 9.32. The van der Waals surface area contributed by atoms with Gasteiger partial charge in [-0.05, 0) is 18.8 Å². The number of aliphatic carboxylic acids is 1. The maximum atomic E-state index is 12.6. The molecule has 0 spiro atoms. The van der Waals surface area contributed by atoms with Crippen LogP contribution in [0.4, 0.5) is 0 Å². The van der Waals surface area contributed by atoms with Crippen LogP contribution in [0.3, 0.4) is 0 Å². The summed E-state index contributed by atoms with van der Waals surface area (Å²) in [5.41, 5.74) is 10.7. The normalized spacial score (nSPS) is 14.9. The van der Waals surface area contributed by atoms with Crippen LogP contribution in [0.2, 0.25) is 0 Å². The van der Waals surface area contributed by atoms with E-state index < -0.39 is 67.0 Å². The molecule has 4 unspecified atom stereocenters. The first-order chi connectivity index (χ1) is 13.9. The van der Waals surface area contributed by atoms with E-state index >= 15 is 0 Å². The third-order valence-corrected chi connectivity index (χ3v) is 3.99. The lowest BCUT2D eigenvalue weighted by molar-refractivity contribution is -0.143. The Morgan fingerprint density at radius 3 is 1.73 bits per heavy atom. The zero-order chi connectivity index (χ0) is 23.4. The van der Waals surface area contributed by atoms with Crippen LogP contribution in [-0.4, -0.2) is 82.3 Å². The zero-order valence-corrected chi connectivity index (χ0v) is 17.0. The molecule has 0 aromatic rings. The van der Waals surface area contributed by atoms with Gasteiger partial charge >= 0.3 is 5.97 Å². The minimum absolute atomic E-state index is 0.0173. The number of nitrogens with two attached hydrogens (primary N) is 2. The van der Waals surface area contributed by atoms with Crippen molar-refractivity contribution in [3.05, 3.63) is 0 Å². The van der Waals surface area contributed by atoms with Gasteiger partial charge < -0.3 is 42.7 Å². The quantitative estimate of drug-likeness (QED) is 0.134. The van der Waals surface area contributed by atoms with E-state index in [4.69, 9.17) is 21.7 Å². The summed E-state index contributed by atoms with van der Waals surface area (Å²) in [6, 6.07) is -5.32. The number of nitrogens with one attached hydrogen (secondary N) is 3. The van der Waals surface area contributed by atoms with E-state index in [0.29, 0.717) is 0 Å². The van der Waals surface area contributed by atoms with Crippen molar-refractivity contribution in [2.75, 3.05) is 13.2 Å². The van der Waals surface area contributed by atoms with E-state index in [2.05, 4.69) is 10.6 Å². The van der Waals surface area contributed by atoms with Gasteiger partial charge in [0.1, 0.15) is 18.1 Å². The molecule has 0 saturated heterocycles. The van der Waals surface area contributed by atoms with Crippen molar-refractivity contribution in [3.63, 3.8) is 0 Å². The Morgan fingerprint density at radius 2 is 1.30 bits per heavy atom. The summed E-state index contributed by atoms with van der Waals surface area (Å²) in [5, 5.41) is 33.9. The van der Waals surface area contributed by atoms with E-state index in [1.807, 2.05) is 5.32 Å². The second kappa shape index (κ2) is 13.5. The lowest BCUT2D eigenvalue weighted by Gasteiger charge is -2.25. The highest BCUT2D eigenvalue weighted by atomic mass is 16.4. The molecule has 13 nitrogen and oxygen atoms in total. The number of carboxylic acid groups (broad SMARTS) is 1. The highest BCUT2D eigenvalue weighted by molar-refractivity contribution is 5.94. The minimum atomic E-state index is -1.61. The van der Waals surface area contributed by atoms with E-state index in [-0.39, 0.29) is 25.2 Å². The molecule has 172 valence electrons. The van der Waals surface area contributed by atoms with Crippen molar-refractivity contribution in [2.45, 2.75) is 57.3 Å². The second-order valence-corrected chi connectivity index (χ2v) is 7.13. The van der Waals surface area contributed by atoms with Crippen molar-refractivity contribution in [1.82, 2.24) is 16.0 Å². The number of amides is 4. The summed E-state index contributed by atoms with van der Waals surface area (Å²) in [5.74, 6) is -4.70. The third-order valence-electron chi connectivity index (χ3n) is 3.99. The summed E-state index contributed by atoms with van der Waals surface area (Å²) in [6.07, 6.45) is 0.0445. The van der Waals surface area contributed by atoms with Crippen LogP contribution in [0.1, 0.15) is 33.1 Å². The van der Waals surface area contributed by atoms with Crippen LogP contribution < -0.4 is 27.4 Å².